The normalized spacial score (nSPS) is 22.2. The standard InChI is InChI=1S/C25H28F2N2O2/c1-25(2,3)31-24(30)28-10-8-22-19(14-28)18-12-17(15-6-7-20(26)21(27)13-15)11-16-5-4-9-29(22)23(16)18/h6-7,11-13,19,22H,4-5,8-10,14H2,1-3H3/t19-,22-/m0/s1. The van der Waals surface area contributed by atoms with Crippen LogP contribution in [0, 0.1) is 11.6 Å². The Morgan fingerprint density at radius 2 is 1.87 bits per heavy atom. The number of ether oxygens (including phenoxy) is 1. The number of benzene rings is 2. The minimum atomic E-state index is -0.835. The number of carbonyl (C=O) groups excluding carboxylic acids is 1. The van der Waals surface area contributed by atoms with Crippen LogP contribution in [-0.4, -0.2) is 42.3 Å². The summed E-state index contributed by atoms with van der Waals surface area (Å²) in [5, 5.41) is 0. The first-order valence-electron chi connectivity index (χ1n) is 11.1. The topological polar surface area (TPSA) is 32.8 Å². The Bertz CT molecular complexity index is 1050. The van der Waals surface area contributed by atoms with E-state index in [4.69, 9.17) is 4.74 Å². The summed E-state index contributed by atoms with van der Waals surface area (Å²) < 4.78 is 33.0. The van der Waals surface area contributed by atoms with Crippen LogP contribution in [0.4, 0.5) is 19.3 Å². The summed E-state index contributed by atoms with van der Waals surface area (Å²) in [5.41, 5.74) is 4.84. The molecule has 5 rings (SSSR count). The van der Waals surface area contributed by atoms with Crippen molar-refractivity contribution in [2.75, 3.05) is 24.5 Å². The second-order valence-electron chi connectivity index (χ2n) is 9.89. The van der Waals surface area contributed by atoms with Gasteiger partial charge in [0.05, 0.1) is 0 Å². The highest BCUT2D eigenvalue weighted by molar-refractivity contribution is 5.77. The van der Waals surface area contributed by atoms with Crippen molar-refractivity contribution in [3.8, 4) is 11.1 Å². The molecule has 1 fully saturated rings. The molecule has 0 saturated carbocycles. The zero-order valence-electron chi connectivity index (χ0n) is 18.3. The predicted octanol–water partition coefficient (Wildman–Crippen LogP) is 5.49. The maximum Gasteiger partial charge on any atom is 0.410 e. The van der Waals surface area contributed by atoms with E-state index in [1.54, 1.807) is 6.07 Å². The van der Waals surface area contributed by atoms with Crippen molar-refractivity contribution in [3.05, 3.63) is 53.1 Å². The van der Waals surface area contributed by atoms with Gasteiger partial charge in [0.2, 0.25) is 0 Å². The summed E-state index contributed by atoms with van der Waals surface area (Å²) in [4.78, 5) is 17.1. The van der Waals surface area contributed by atoms with Crippen molar-refractivity contribution >= 4 is 11.8 Å². The second kappa shape index (κ2) is 7.21. The van der Waals surface area contributed by atoms with E-state index >= 15 is 0 Å². The van der Waals surface area contributed by atoms with Crippen LogP contribution in [-0.2, 0) is 11.2 Å². The molecule has 0 aliphatic carbocycles. The van der Waals surface area contributed by atoms with Crippen molar-refractivity contribution in [1.29, 1.82) is 0 Å². The van der Waals surface area contributed by atoms with Gasteiger partial charge in [-0.3, -0.25) is 0 Å². The number of rotatable bonds is 1. The van der Waals surface area contributed by atoms with E-state index in [2.05, 4.69) is 17.0 Å². The summed E-state index contributed by atoms with van der Waals surface area (Å²) in [7, 11) is 0. The first kappa shape index (κ1) is 20.3. The van der Waals surface area contributed by atoms with Crippen LogP contribution in [0.2, 0.25) is 0 Å². The van der Waals surface area contributed by atoms with E-state index in [1.165, 1.54) is 28.9 Å². The molecular weight excluding hydrogens is 398 g/mol. The maximum atomic E-state index is 13.9. The highest BCUT2D eigenvalue weighted by atomic mass is 19.2. The number of anilines is 1. The Balaban J connectivity index is 1.52. The number of hydrogen-bond donors (Lipinski definition) is 0. The third-order valence-corrected chi connectivity index (χ3v) is 6.63. The Hall–Kier alpha value is -2.63. The minimum Gasteiger partial charge on any atom is -0.444 e. The van der Waals surface area contributed by atoms with Gasteiger partial charge in [0.25, 0.3) is 0 Å². The molecule has 3 aliphatic heterocycles. The second-order valence-corrected chi connectivity index (χ2v) is 9.89. The van der Waals surface area contributed by atoms with Gasteiger partial charge >= 0.3 is 6.09 Å². The molecule has 1 amide bonds. The number of aryl methyl sites for hydroxylation is 1. The van der Waals surface area contributed by atoms with Crippen molar-refractivity contribution in [2.24, 2.45) is 0 Å². The third-order valence-electron chi connectivity index (χ3n) is 6.63. The molecule has 0 N–H and O–H groups in total. The third kappa shape index (κ3) is 3.56. The number of likely N-dealkylation sites (tertiary alicyclic amines) is 1. The lowest BCUT2D eigenvalue weighted by atomic mass is 9.87. The highest BCUT2D eigenvalue weighted by Gasteiger charge is 2.45. The SMILES string of the molecule is CC(C)(C)OC(=O)N1CC[C@H]2[C@@H](C1)c1cc(-c3ccc(F)c(F)c3)cc3c1N2CCC3. The summed E-state index contributed by atoms with van der Waals surface area (Å²) >= 11 is 0. The van der Waals surface area contributed by atoms with Gasteiger partial charge in [0.1, 0.15) is 5.60 Å². The van der Waals surface area contributed by atoms with E-state index in [9.17, 15) is 13.6 Å². The van der Waals surface area contributed by atoms with Crippen molar-refractivity contribution in [1.82, 2.24) is 4.90 Å². The molecule has 0 spiro atoms. The largest absolute Gasteiger partial charge is 0.444 e. The number of piperidine rings is 1. The van der Waals surface area contributed by atoms with Gasteiger partial charge in [-0.1, -0.05) is 6.07 Å². The monoisotopic (exact) mass is 426 g/mol. The number of fused-ring (bicyclic) bond motifs is 3. The van der Waals surface area contributed by atoms with Crippen LogP contribution in [0.5, 0.6) is 0 Å². The van der Waals surface area contributed by atoms with Crippen molar-refractivity contribution < 1.29 is 18.3 Å². The van der Waals surface area contributed by atoms with E-state index in [-0.39, 0.29) is 12.0 Å². The maximum absolute atomic E-state index is 13.9. The van der Waals surface area contributed by atoms with Gasteiger partial charge in [-0.2, -0.15) is 0 Å². The molecule has 0 radical (unpaired) electrons. The number of hydrogen-bond acceptors (Lipinski definition) is 3. The Labute approximate surface area is 181 Å². The zero-order chi connectivity index (χ0) is 21.9. The first-order valence-corrected chi connectivity index (χ1v) is 11.1. The summed E-state index contributed by atoms with van der Waals surface area (Å²) in [6, 6.07) is 8.70. The van der Waals surface area contributed by atoms with E-state index in [1.807, 2.05) is 25.7 Å². The summed E-state index contributed by atoms with van der Waals surface area (Å²) in [6.45, 7) is 7.97. The lowest BCUT2D eigenvalue weighted by Crippen LogP contribution is -2.49. The smallest absolute Gasteiger partial charge is 0.410 e. The quantitative estimate of drug-likeness (QED) is 0.604. The van der Waals surface area contributed by atoms with Crippen LogP contribution in [0.25, 0.3) is 11.1 Å². The van der Waals surface area contributed by atoms with Gasteiger partial charge in [-0.05, 0) is 86.6 Å². The van der Waals surface area contributed by atoms with Crippen LogP contribution in [0.1, 0.15) is 50.7 Å². The van der Waals surface area contributed by atoms with Crippen LogP contribution in [0.3, 0.4) is 0 Å². The number of halogens is 2. The lowest BCUT2D eigenvalue weighted by molar-refractivity contribution is 0.0189. The fraction of sp³-hybridized carbons (Fsp3) is 0.480. The summed E-state index contributed by atoms with van der Waals surface area (Å²) in [6.07, 6.45) is 2.69. The average Bonchev–Trinajstić information content (AvgIpc) is 3.04. The Morgan fingerprint density at radius 3 is 2.61 bits per heavy atom. The molecule has 0 bridgehead atoms. The molecule has 0 unspecified atom stereocenters. The van der Waals surface area contributed by atoms with Gasteiger partial charge in [-0.15, -0.1) is 0 Å². The van der Waals surface area contributed by atoms with Crippen molar-refractivity contribution in [3.63, 3.8) is 0 Å². The van der Waals surface area contributed by atoms with E-state index in [0.717, 1.165) is 31.4 Å². The zero-order valence-corrected chi connectivity index (χ0v) is 18.3. The highest BCUT2D eigenvalue weighted by Crippen LogP contribution is 2.50. The molecule has 2 atom stereocenters. The Morgan fingerprint density at radius 1 is 1.06 bits per heavy atom. The average molecular weight is 427 g/mol. The van der Waals surface area contributed by atoms with Gasteiger partial charge in [-0.25, -0.2) is 13.6 Å². The Kier molecular flexibility index (Phi) is 4.72. The lowest BCUT2D eigenvalue weighted by Gasteiger charge is -2.40. The van der Waals surface area contributed by atoms with Gasteiger partial charge in [0.15, 0.2) is 11.6 Å². The molecule has 6 heteroatoms. The molecule has 164 valence electrons. The number of nitrogens with zero attached hydrogens (tertiary/aromatic N) is 2. The number of amides is 1. The van der Waals surface area contributed by atoms with Crippen molar-refractivity contribution in [2.45, 2.75) is 57.6 Å². The molecule has 4 nitrogen and oxygen atoms in total. The van der Waals surface area contributed by atoms with Crippen LogP contribution < -0.4 is 4.90 Å². The van der Waals surface area contributed by atoms with E-state index in [0.29, 0.717) is 24.7 Å². The fourth-order valence-electron chi connectivity index (χ4n) is 5.38. The minimum absolute atomic E-state index is 0.193. The summed E-state index contributed by atoms with van der Waals surface area (Å²) in [5.74, 6) is -1.48. The first-order chi connectivity index (χ1) is 14.7. The molecule has 31 heavy (non-hydrogen) atoms. The van der Waals surface area contributed by atoms with Gasteiger partial charge in [0, 0.05) is 37.3 Å². The fourth-order valence-corrected chi connectivity index (χ4v) is 5.38. The molecule has 2 aromatic rings. The number of carbonyl (C=O) groups is 1. The predicted molar refractivity (Wildman–Crippen MR) is 116 cm³/mol. The van der Waals surface area contributed by atoms with Gasteiger partial charge < -0.3 is 14.5 Å². The van der Waals surface area contributed by atoms with Crippen LogP contribution >= 0.6 is 0 Å². The molecular formula is C25H28F2N2O2. The molecule has 3 heterocycles. The molecule has 1 saturated heterocycles. The molecule has 2 aromatic carbocycles. The van der Waals surface area contributed by atoms with E-state index < -0.39 is 17.2 Å². The molecule has 3 aliphatic rings. The van der Waals surface area contributed by atoms with Crippen LogP contribution in [0.15, 0.2) is 30.3 Å². The molecule has 0 aromatic heterocycles.